The van der Waals surface area contributed by atoms with Crippen molar-refractivity contribution in [2.24, 2.45) is 5.92 Å². The van der Waals surface area contributed by atoms with Crippen LogP contribution in [0.4, 0.5) is 0 Å². The maximum Gasteiger partial charge on any atom is 0.253 e. The largest absolute Gasteiger partial charge is 0.343 e. The number of hydrogen-bond acceptors (Lipinski definition) is 2. The van der Waals surface area contributed by atoms with Crippen molar-refractivity contribution in [2.45, 2.75) is 13.8 Å². The van der Waals surface area contributed by atoms with E-state index in [0.29, 0.717) is 10.9 Å². The second-order valence-corrected chi connectivity index (χ2v) is 5.32. The van der Waals surface area contributed by atoms with E-state index in [4.69, 9.17) is 23.2 Å². The highest BCUT2D eigenvalue weighted by atomic mass is 35.5. The molecule has 0 radical (unpaired) electrons. The van der Waals surface area contributed by atoms with Crippen molar-refractivity contribution in [2.75, 3.05) is 6.54 Å². The SMILES string of the molecule is CC(C)/C=C\NC(=O)CNC(=O)c1cc(Cl)ccc1Cl. The van der Waals surface area contributed by atoms with Crippen LogP contribution in [-0.2, 0) is 4.79 Å². The maximum atomic E-state index is 11.9. The van der Waals surface area contributed by atoms with Crippen LogP contribution in [0, 0.1) is 5.92 Å². The molecule has 0 aliphatic heterocycles. The molecule has 1 aromatic rings. The normalized spacial score (nSPS) is 10.8. The molecule has 108 valence electrons. The Hall–Kier alpha value is -1.52. The van der Waals surface area contributed by atoms with Crippen LogP contribution >= 0.6 is 23.2 Å². The molecule has 0 unspecified atom stereocenters. The first-order valence-electron chi connectivity index (χ1n) is 6.09. The number of carbonyl (C=O) groups is 2. The molecule has 1 aromatic carbocycles. The predicted octanol–water partition coefficient (Wildman–Crippen LogP) is 3.01. The Morgan fingerprint density at radius 3 is 2.65 bits per heavy atom. The number of allylic oxidation sites excluding steroid dienone is 1. The first-order valence-corrected chi connectivity index (χ1v) is 6.85. The molecule has 0 heterocycles. The summed E-state index contributed by atoms with van der Waals surface area (Å²) in [6.07, 6.45) is 3.40. The van der Waals surface area contributed by atoms with Crippen molar-refractivity contribution in [1.29, 1.82) is 0 Å². The summed E-state index contributed by atoms with van der Waals surface area (Å²) < 4.78 is 0. The van der Waals surface area contributed by atoms with Crippen LogP contribution in [0.2, 0.25) is 10.0 Å². The Labute approximate surface area is 128 Å². The van der Waals surface area contributed by atoms with Gasteiger partial charge in [0, 0.05) is 11.2 Å². The molecule has 2 amide bonds. The number of benzene rings is 1. The topological polar surface area (TPSA) is 58.2 Å². The van der Waals surface area contributed by atoms with E-state index in [0.717, 1.165) is 0 Å². The maximum absolute atomic E-state index is 11.9. The number of amides is 2. The van der Waals surface area contributed by atoms with Crippen LogP contribution in [0.5, 0.6) is 0 Å². The van der Waals surface area contributed by atoms with E-state index in [-0.39, 0.29) is 23.0 Å². The third-order valence-electron chi connectivity index (χ3n) is 2.31. The van der Waals surface area contributed by atoms with Gasteiger partial charge in [-0.25, -0.2) is 0 Å². The van der Waals surface area contributed by atoms with Gasteiger partial charge in [0.05, 0.1) is 17.1 Å². The van der Waals surface area contributed by atoms with Gasteiger partial charge in [0.2, 0.25) is 5.91 Å². The molecule has 6 heteroatoms. The van der Waals surface area contributed by atoms with Gasteiger partial charge >= 0.3 is 0 Å². The van der Waals surface area contributed by atoms with Crippen LogP contribution in [0.1, 0.15) is 24.2 Å². The Bertz CT molecular complexity index is 528. The summed E-state index contributed by atoms with van der Waals surface area (Å²) in [6.45, 7) is 3.85. The highest BCUT2D eigenvalue weighted by Gasteiger charge is 2.11. The van der Waals surface area contributed by atoms with E-state index < -0.39 is 5.91 Å². The van der Waals surface area contributed by atoms with E-state index in [1.807, 2.05) is 19.9 Å². The van der Waals surface area contributed by atoms with Gasteiger partial charge in [-0.05, 0) is 24.1 Å². The molecule has 4 nitrogen and oxygen atoms in total. The Kier molecular flexibility index (Phi) is 6.55. The Morgan fingerprint density at radius 1 is 1.30 bits per heavy atom. The summed E-state index contributed by atoms with van der Waals surface area (Å²) in [6, 6.07) is 4.57. The van der Waals surface area contributed by atoms with E-state index >= 15 is 0 Å². The van der Waals surface area contributed by atoms with Gasteiger partial charge in [-0.1, -0.05) is 43.1 Å². The highest BCUT2D eigenvalue weighted by molar-refractivity contribution is 6.35. The van der Waals surface area contributed by atoms with E-state index in [2.05, 4.69) is 10.6 Å². The Balaban J connectivity index is 2.51. The first kappa shape index (κ1) is 16.5. The van der Waals surface area contributed by atoms with Crippen LogP contribution in [0.25, 0.3) is 0 Å². The first-order chi connectivity index (χ1) is 9.40. The number of hydrogen-bond donors (Lipinski definition) is 2. The third-order valence-corrected chi connectivity index (χ3v) is 2.87. The summed E-state index contributed by atoms with van der Waals surface area (Å²) in [4.78, 5) is 23.3. The zero-order valence-corrected chi connectivity index (χ0v) is 12.8. The lowest BCUT2D eigenvalue weighted by molar-refractivity contribution is -0.119. The quantitative estimate of drug-likeness (QED) is 0.877. The molecular weight excluding hydrogens is 299 g/mol. The summed E-state index contributed by atoms with van der Waals surface area (Å²) in [5, 5.41) is 5.72. The fourth-order valence-electron chi connectivity index (χ4n) is 1.31. The van der Waals surface area contributed by atoms with Crippen LogP contribution in [0.15, 0.2) is 30.5 Å². The second-order valence-electron chi connectivity index (χ2n) is 4.48. The van der Waals surface area contributed by atoms with E-state index in [1.165, 1.54) is 12.1 Å². The van der Waals surface area contributed by atoms with E-state index in [1.54, 1.807) is 12.3 Å². The summed E-state index contributed by atoms with van der Waals surface area (Å²) >= 11 is 11.7. The zero-order valence-electron chi connectivity index (χ0n) is 11.2. The van der Waals surface area contributed by atoms with Crippen molar-refractivity contribution in [1.82, 2.24) is 10.6 Å². The van der Waals surface area contributed by atoms with Crippen LogP contribution < -0.4 is 10.6 Å². The number of nitrogens with one attached hydrogen (secondary N) is 2. The molecule has 0 saturated heterocycles. The van der Waals surface area contributed by atoms with Gasteiger partial charge in [-0.2, -0.15) is 0 Å². The molecule has 1 rings (SSSR count). The summed E-state index contributed by atoms with van der Waals surface area (Å²) in [5.41, 5.74) is 0.240. The lowest BCUT2D eigenvalue weighted by Gasteiger charge is -2.06. The molecule has 0 atom stereocenters. The van der Waals surface area contributed by atoms with Crippen molar-refractivity contribution in [3.05, 3.63) is 46.1 Å². The minimum Gasteiger partial charge on any atom is -0.343 e. The van der Waals surface area contributed by atoms with Gasteiger partial charge in [-0.15, -0.1) is 0 Å². The molecular formula is C14H16Cl2N2O2. The monoisotopic (exact) mass is 314 g/mol. The van der Waals surface area contributed by atoms with Gasteiger partial charge in [0.1, 0.15) is 0 Å². The fraction of sp³-hybridized carbons (Fsp3) is 0.286. The molecule has 0 fully saturated rings. The van der Waals surface area contributed by atoms with Crippen LogP contribution in [0.3, 0.4) is 0 Å². The van der Waals surface area contributed by atoms with Gasteiger partial charge in [0.25, 0.3) is 5.91 Å². The third kappa shape index (κ3) is 5.63. The lowest BCUT2D eigenvalue weighted by atomic mass is 10.2. The van der Waals surface area contributed by atoms with Gasteiger partial charge in [0.15, 0.2) is 0 Å². The average Bonchev–Trinajstić information content (AvgIpc) is 2.38. The fourth-order valence-corrected chi connectivity index (χ4v) is 1.69. The minimum atomic E-state index is -0.444. The molecule has 2 N–H and O–H groups in total. The second kappa shape index (κ2) is 7.92. The zero-order chi connectivity index (χ0) is 15.1. The average molecular weight is 315 g/mol. The number of halogens is 2. The molecule has 20 heavy (non-hydrogen) atoms. The van der Waals surface area contributed by atoms with Crippen molar-refractivity contribution < 1.29 is 9.59 Å². The molecule has 0 bridgehead atoms. The summed E-state index contributed by atoms with van der Waals surface area (Å²) in [7, 11) is 0. The van der Waals surface area contributed by atoms with E-state index in [9.17, 15) is 9.59 Å². The number of carbonyl (C=O) groups excluding carboxylic acids is 2. The van der Waals surface area contributed by atoms with Crippen molar-refractivity contribution >= 4 is 35.0 Å². The Morgan fingerprint density at radius 2 is 2.00 bits per heavy atom. The summed E-state index contributed by atoms with van der Waals surface area (Å²) in [5.74, 6) is -0.413. The molecule has 0 aliphatic rings. The molecule has 0 aliphatic carbocycles. The van der Waals surface area contributed by atoms with Gasteiger partial charge in [-0.3, -0.25) is 9.59 Å². The van der Waals surface area contributed by atoms with Crippen molar-refractivity contribution in [3.63, 3.8) is 0 Å². The minimum absolute atomic E-state index is 0.135. The van der Waals surface area contributed by atoms with Crippen molar-refractivity contribution in [3.8, 4) is 0 Å². The highest BCUT2D eigenvalue weighted by Crippen LogP contribution is 2.20. The molecule has 0 aromatic heterocycles. The molecule has 0 saturated carbocycles. The smallest absolute Gasteiger partial charge is 0.253 e. The predicted molar refractivity (Wildman–Crippen MR) is 80.9 cm³/mol. The lowest BCUT2D eigenvalue weighted by Crippen LogP contribution is -2.35. The standard InChI is InChI=1S/C14H16Cl2N2O2/c1-9(2)5-6-17-13(19)8-18-14(20)11-7-10(15)3-4-12(11)16/h3-7,9H,8H2,1-2H3,(H,17,19)(H,18,20)/b6-5-. The van der Waals surface area contributed by atoms with Crippen LogP contribution in [-0.4, -0.2) is 18.4 Å². The van der Waals surface area contributed by atoms with Gasteiger partial charge < -0.3 is 10.6 Å². The number of rotatable bonds is 5. The molecule has 0 spiro atoms.